The van der Waals surface area contributed by atoms with Crippen molar-refractivity contribution in [2.24, 2.45) is 0 Å². The average molecular weight is 188 g/mol. The van der Waals surface area contributed by atoms with Crippen molar-refractivity contribution in [1.82, 2.24) is 5.73 Å². The predicted octanol–water partition coefficient (Wildman–Crippen LogP) is 2.53. The quantitative estimate of drug-likeness (QED) is 0.681. The van der Waals surface area contributed by atoms with E-state index >= 15 is 0 Å². The number of halogens is 3. The Kier molecular flexibility index (Phi) is 2.93. The monoisotopic (exact) mass is 188 g/mol. The zero-order valence-corrected chi connectivity index (χ0v) is 6.86. The highest BCUT2D eigenvalue weighted by Crippen LogP contribution is 2.29. The molecule has 4 heteroatoms. The summed E-state index contributed by atoms with van der Waals surface area (Å²) in [5.74, 6) is 0. The molecule has 0 fully saturated rings. The molecule has 1 N–H and O–H groups in total. The van der Waals surface area contributed by atoms with Crippen molar-refractivity contribution in [3.8, 4) is 0 Å². The summed E-state index contributed by atoms with van der Waals surface area (Å²) in [5.41, 5.74) is 6.80. The molecule has 0 saturated carbocycles. The van der Waals surface area contributed by atoms with Gasteiger partial charge in [0, 0.05) is 6.54 Å². The summed E-state index contributed by atoms with van der Waals surface area (Å²) in [6.07, 6.45) is -3.91. The van der Waals surface area contributed by atoms with Crippen molar-refractivity contribution in [1.29, 1.82) is 0 Å². The molecule has 0 spiro atoms. The van der Waals surface area contributed by atoms with Gasteiger partial charge in [-0.05, 0) is 18.1 Å². The first-order valence-corrected chi connectivity index (χ1v) is 3.85. The zero-order chi connectivity index (χ0) is 9.90. The Labute approximate surface area is 74.4 Å². The van der Waals surface area contributed by atoms with E-state index in [2.05, 4.69) is 0 Å². The van der Waals surface area contributed by atoms with Crippen LogP contribution in [-0.2, 0) is 12.6 Å². The molecule has 1 aromatic rings. The molecule has 0 bridgehead atoms. The summed E-state index contributed by atoms with van der Waals surface area (Å²) < 4.78 is 36.5. The van der Waals surface area contributed by atoms with Crippen LogP contribution in [0.15, 0.2) is 24.3 Å². The molecule has 1 rings (SSSR count). The number of nitrogens with one attached hydrogen (secondary N) is 1. The van der Waals surface area contributed by atoms with E-state index in [1.165, 1.54) is 6.07 Å². The van der Waals surface area contributed by atoms with Crippen LogP contribution in [0.3, 0.4) is 0 Å². The smallest absolute Gasteiger partial charge is 0.258 e. The molecule has 1 aromatic carbocycles. The van der Waals surface area contributed by atoms with E-state index in [-0.39, 0.29) is 6.54 Å². The summed E-state index contributed by atoms with van der Waals surface area (Å²) >= 11 is 0. The molecule has 0 aliphatic carbocycles. The summed E-state index contributed by atoms with van der Waals surface area (Å²) in [5, 5.41) is 0. The lowest BCUT2D eigenvalue weighted by atomic mass is 10.1. The van der Waals surface area contributed by atoms with Crippen molar-refractivity contribution in [3.63, 3.8) is 0 Å². The molecule has 0 aromatic heterocycles. The Balaban J connectivity index is 2.92. The van der Waals surface area contributed by atoms with E-state index in [9.17, 15) is 13.2 Å². The van der Waals surface area contributed by atoms with Gasteiger partial charge >= 0.3 is 6.18 Å². The summed E-state index contributed by atoms with van der Waals surface area (Å²) in [6.45, 7) is 0.112. The zero-order valence-electron chi connectivity index (χ0n) is 6.86. The van der Waals surface area contributed by atoms with Gasteiger partial charge in [0.1, 0.15) is 0 Å². The second-order valence-electron chi connectivity index (χ2n) is 2.70. The largest absolute Gasteiger partial charge is 0.416 e. The summed E-state index contributed by atoms with van der Waals surface area (Å²) in [4.78, 5) is 0. The fourth-order valence-electron chi connectivity index (χ4n) is 1.05. The maximum atomic E-state index is 12.2. The van der Waals surface area contributed by atoms with Crippen molar-refractivity contribution in [2.45, 2.75) is 12.6 Å². The number of alkyl halides is 3. The number of hydrogen-bond acceptors (Lipinski definition) is 0. The lowest BCUT2D eigenvalue weighted by Crippen LogP contribution is -2.05. The highest BCUT2D eigenvalue weighted by molar-refractivity contribution is 5.25. The standard InChI is InChI=1S/C9H9F3N/c10-9(11,12)8-3-1-2-7(6-8)4-5-13/h1-3,6,13H,4-5H2. The van der Waals surface area contributed by atoms with Crippen LogP contribution in [-0.4, -0.2) is 6.54 Å². The minimum absolute atomic E-state index is 0.112. The minimum Gasteiger partial charge on any atom is -0.258 e. The highest BCUT2D eigenvalue weighted by atomic mass is 19.4. The van der Waals surface area contributed by atoms with E-state index in [1.54, 1.807) is 6.07 Å². The number of hydrogen-bond donors (Lipinski definition) is 0. The van der Waals surface area contributed by atoms with Gasteiger partial charge in [-0.1, -0.05) is 18.2 Å². The number of benzene rings is 1. The van der Waals surface area contributed by atoms with Gasteiger partial charge in [0.05, 0.1) is 5.56 Å². The first-order chi connectivity index (χ1) is 6.04. The van der Waals surface area contributed by atoms with Gasteiger partial charge in [-0.25, -0.2) is 0 Å². The molecule has 0 saturated heterocycles. The van der Waals surface area contributed by atoms with Crippen LogP contribution in [0.2, 0.25) is 0 Å². The molecule has 1 nitrogen and oxygen atoms in total. The second kappa shape index (κ2) is 3.79. The van der Waals surface area contributed by atoms with Crippen molar-refractivity contribution < 1.29 is 13.2 Å². The molecule has 13 heavy (non-hydrogen) atoms. The molecule has 0 atom stereocenters. The normalized spacial score (nSPS) is 11.7. The lowest BCUT2D eigenvalue weighted by Gasteiger charge is -2.07. The first-order valence-electron chi connectivity index (χ1n) is 3.85. The third-order valence-corrected chi connectivity index (χ3v) is 1.67. The van der Waals surface area contributed by atoms with E-state index < -0.39 is 11.7 Å². The van der Waals surface area contributed by atoms with Gasteiger partial charge in [0.25, 0.3) is 0 Å². The van der Waals surface area contributed by atoms with Crippen LogP contribution < -0.4 is 5.73 Å². The van der Waals surface area contributed by atoms with Crippen LogP contribution in [0.4, 0.5) is 13.2 Å². The van der Waals surface area contributed by atoms with E-state index in [1.807, 2.05) is 0 Å². The fourth-order valence-corrected chi connectivity index (χ4v) is 1.05. The predicted molar refractivity (Wildman–Crippen MR) is 43.1 cm³/mol. The molecule has 0 heterocycles. The van der Waals surface area contributed by atoms with Crippen molar-refractivity contribution in [2.75, 3.05) is 6.54 Å². The van der Waals surface area contributed by atoms with Crippen LogP contribution >= 0.6 is 0 Å². The molecule has 0 aliphatic heterocycles. The summed E-state index contributed by atoms with van der Waals surface area (Å²) in [7, 11) is 0. The molecular weight excluding hydrogens is 179 g/mol. The van der Waals surface area contributed by atoms with Crippen molar-refractivity contribution in [3.05, 3.63) is 35.4 Å². The molecule has 1 radical (unpaired) electrons. The maximum Gasteiger partial charge on any atom is 0.416 e. The van der Waals surface area contributed by atoms with Crippen molar-refractivity contribution >= 4 is 0 Å². The second-order valence-corrected chi connectivity index (χ2v) is 2.70. The van der Waals surface area contributed by atoms with Crippen LogP contribution in [0.25, 0.3) is 0 Å². The Morgan fingerprint density at radius 3 is 2.46 bits per heavy atom. The fraction of sp³-hybridized carbons (Fsp3) is 0.333. The average Bonchev–Trinajstić information content (AvgIpc) is 2.04. The van der Waals surface area contributed by atoms with E-state index in [4.69, 9.17) is 5.73 Å². The topological polar surface area (TPSA) is 23.8 Å². The molecule has 71 valence electrons. The molecule has 0 unspecified atom stereocenters. The van der Waals surface area contributed by atoms with Gasteiger partial charge in [-0.15, -0.1) is 0 Å². The molecular formula is C9H9F3N. The van der Waals surface area contributed by atoms with Gasteiger partial charge < -0.3 is 0 Å². The van der Waals surface area contributed by atoms with E-state index in [0.717, 1.165) is 12.1 Å². The Hall–Kier alpha value is -1.03. The SMILES string of the molecule is [NH]CCc1cccc(C(F)(F)F)c1. The summed E-state index contributed by atoms with van der Waals surface area (Å²) in [6, 6.07) is 5.10. The highest BCUT2D eigenvalue weighted by Gasteiger charge is 2.30. The molecule has 0 amide bonds. The van der Waals surface area contributed by atoms with Gasteiger partial charge in [-0.2, -0.15) is 13.2 Å². The Morgan fingerprint density at radius 2 is 1.92 bits per heavy atom. The third-order valence-electron chi connectivity index (χ3n) is 1.67. The number of rotatable bonds is 2. The first kappa shape index (κ1) is 10.1. The third kappa shape index (κ3) is 2.73. The van der Waals surface area contributed by atoms with Gasteiger partial charge in [0.15, 0.2) is 0 Å². The van der Waals surface area contributed by atoms with Crippen LogP contribution in [0, 0.1) is 0 Å². The van der Waals surface area contributed by atoms with Gasteiger partial charge in [-0.3, -0.25) is 5.73 Å². The van der Waals surface area contributed by atoms with Crippen LogP contribution in [0.1, 0.15) is 11.1 Å². The van der Waals surface area contributed by atoms with E-state index in [0.29, 0.717) is 12.0 Å². The minimum atomic E-state index is -4.28. The van der Waals surface area contributed by atoms with Crippen LogP contribution in [0.5, 0.6) is 0 Å². The lowest BCUT2D eigenvalue weighted by molar-refractivity contribution is -0.137. The van der Waals surface area contributed by atoms with Gasteiger partial charge in [0.2, 0.25) is 0 Å². The Bertz CT molecular complexity index is 280. The Morgan fingerprint density at radius 1 is 1.23 bits per heavy atom. The molecule has 0 aliphatic rings. The maximum absolute atomic E-state index is 12.2.